The zero-order valence-corrected chi connectivity index (χ0v) is 13.9. The summed E-state index contributed by atoms with van der Waals surface area (Å²) in [5.41, 5.74) is 1.07. The Morgan fingerprint density at radius 3 is 2.95 bits per heavy atom. The van der Waals surface area contributed by atoms with Crippen LogP contribution in [0.2, 0.25) is 0 Å². The van der Waals surface area contributed by atoms with Gasteiger partial charge in [-0.2, -0.15) is 12.7 Å². The number of aromatic nitrogens is 1. The van der Waals surface area contributed by atoms with E-state index >= 15 is 0 Å². The van der Waals surface area contributed by atoms with Crippen LogP contribution in [0.15, 0.2) is 0 Å². The summed E-state index contributed by atoms with van der Waals surface area (Å²) in [6.45, 7) is 1.28. The fourth-order valence-electron chi connectivity index (χ4n) is 3.13. The Balaban J connectivity index is 1.75. The van der Waals surface area contributed by atoms with E-state index in [0.717, 1.165) is 44.2 Å². The maximum Gasteiger partial charge on any atom is 0.303 e. The van der Waals surface area contributed by atoms with Gasteiger partial charge in [-0.3, -0.25) is 0 Å². The van der Waals surface area contributed by atoms with Crippen molar-refractivity contribution >= 4 is 26.7 Å². The van der Waals surface area contributed by atoms with Gasteiger partial charge < -0.3 is 5.32 Å². The molecule has 2 N–H and O–H groups in total. The molecule has 0 radical (unpaired) electrons. The maximum atomic E-state index is 12.6. The summed E-state index contributed by atoms with van der Waals surface area (Å²) < 4.78 is 29.5. The van der Waals surface area contributed by atoms with E-state index in [2.05, 4.69) is 15.0 Å². The van der Waals surface area contributed by atoms with E-state index in [9.17, 15) is 8.42 Å². The molecule has 1 unspecified atom stereocenters. The molecule has 6 nitrogen and oxygen atoms in total. The van der Waals surface area contributed by atoms with Gasteiger partial charge >= 0.3 is 10.2 Å². The van der Waals surface area contributed by atoms with Crippen molar-refractivity contribution < 1.29 is 8.42 Å². The number of thiazole rings is 1. The highest BCUT2D eigenvalue weighted by atomic mass is 32.2. The molecule has 1 aromatic heterocycles. The van der Waals surface area contributed by atoms with Crippen LogP contribution in [0.4, 0.5) is 5.13 Å². The lowest BCUT2D eigenvalue weighted by Crippen LogP contribution is -2.49. The molecule has 1 saturated heterocycles. The SMILES string of the molecule is CNCC1CCCCN1S(=O)(=O)Nc1nc2c(s1)CCC2. The molecule has 1 atom stereocenters. The van der Waals surface area contributed by atoms with Gasteiger partial charge in [-0.15, -0.1) is 11.3 Å². The smallest absolute Gasteiger partial charge is 0.303 e. The molecular weight excluding hydrogens is 308 g/mol. The van der Waals surface area contributed by atoms with E-state index in [0.29, 0.717) is 18.2 Å². The fourth-order valence-corrected chi connectivity index (χ4v) is 5.84. The molecule has 1 aliphatic carbocycles. The zero-order valence-electron chi connectivity index (χ0n) is 12.3. The summed E-state index contributed by atoms with van der Waals surface area (Å²) in [5, 5.41) is 3.61. The van der Waals surface area contributed by atoms with Crippen LogP contribution < -0.4 is 10.0 Å². The van der Waals surface area contributed by atoms with Crippen LogP contribution in [-0.4, -0.2) is 43.9 Å². The van der Waals surface area contributed by atoms with Crippen molar-refractivity contribution in [3.8, 4) is 0 Å². The molecule has 1 aromatic rings. The standard InChI is InChI=1S/C13H22N4O2S2/c1-14-9-10-5-2-3-8-17(10)21(18,19)16-13-15-11-6-4-7-12(11)20-13/h10,14H,2-9H2,1H3,(H,15,16). The number of hydrogen-bond acceptors (Lipinski definition) is 5. The van der Waals surface area contributed by atoms with Crippen LogP contribution in [-0.2, 0) is 23.1 Å². The van der Waals surface area contributed by atoms with Gasteiger partial charge in [0.25, 0.3) is 0 Å². The van der Waals surface area contributed by atoms with Gasteiger partial charge in [-0.25, -0.2) is 9.71 Å². The Kier molecular flexibility index (Phi) is 4.49. The number of anilines is 1. The lowest BCUT2D eigenvalue weighted by Gasteiger charge is -2.34. The zero-order chi connectivity index (χ0) is 14.9. The first-order chi connectivity index (χ1) is 10.1. The van der Waals surface area contributed by atoms with E-state index in [-0.39, 0.29) is 6.04 Å². The summed E-state index contributed by atoms with van der Waals surface area (Å²) >= 11 is 1.48. The van der Waals surface area contributed by atoms with Gasteiger partial charge in [0.2, 0.25) is 0 Å². The van der Waals surface area contributed by atoms with Crippen molar-refractivity contribution in [2.45, 2.75) is 44.6 Å². The summed E-state index contributed by atoms with van der Waals surface area (Å²) in [7, 11) is -1.64. The van der Waals surface area contributed by atoms with Crippen molar-refractivity contribution in [2.24, 2.45) is 0 Å². The van der Waals surface area contributed by atoms with Gasteiger partial charge in [0.1, 0.15) is 0 Å². The number of fused-ring (bicyclic) bond motifs is 1. The predicted octanol–water partition coefficient (Wildman–Crippen LogP) is 1.36. The molecule has 1 fully saturated rings. The Morgan fingerprint density at radius 2 is 2.19 bits per heavy atom. The molecule has 0 saturated carbocycles. The minimum atomic E-state index is -3.50. The molecule has 0 aromatic carbocycles. The van der Waals surface area contributed by atoms with Crippen LogP contribution in [0, 0.1) is 0 Å². The van der Waals surface area contributed by atoms with E-state index in [1.807, 2.05) is 7.05 Å². The number of nitrogens with zero attached hydrogens (tertiary/aromatic N) is 2. The minimum absolute atomic E-state index is 0.0352. The second-order valence-electron chi connectivity index (χ2n) is 5.67. The average molecular weight is 330 g/mol. The van der Waals surface area contributed by atoms with Crippen LogP contribution in [0.3, 0.4) is 0 Å². The summed E-state index contributed by atoms with van der Waals surface area (Å²) in [6, 6.07) is 0.0352. The molecule has 2 heterocycles. The first-order valence-corrected chi connectivity index (χ1v) is 9.78. The quantitative estimate of drug-likeness (QED) is 0.855. The summed E-state index contributed by atoms with van der Waals surface area (Å²) in [6.07, 6.45) is 6.06. The molecule has 0 amide bonds. The average Bonchev–Trinajstić information content (AvgIpc) is 3.00. The number of hydrogen-bond donors (Lipinski definition) is 2. The van der Waals surface area contributed by atoms with Gasteiger partial charge in [0.05, 0.1) is 5.69 Å². The third-order valence-corrected chi connectivity index (χ3v) is 6.89. The van der Waals surface area contributed by atoms with Gasteiger partial charge in [0.15, 0.2) is 5.13 Å². The number of rotatable bonds is 5. The predicted molar refractivity (Wildman–Crippen MR) is 85.0 cm³/mol. The lowest BCUT2D eigenvalue weighted by atomic mass is 10.1. The normalized spacial score (nSPS) is 23.2. The van der Waals surface area contributed by atoms with E-state index < -0.39 is 10.2 Å². The topological polar surface area (TPSA) is 74.3 Å². The van der Waals surface area contributed by atoms with Crippen molar-refractivity contribution in [1.29, 1.82) is 0 Å². The number of piperidine rings is 1. The van der Waals surface area contributed by atoms with Crippen molar-refractivity contribution in [3.05, 3.63) is 10.6 Å². The second-order valence-corrected chi connectivity index (χ2v) is 8.37. The number of aryl methyl sites for hydroxylation is 2. The van der Waals surface area contributed by atoms with Gasteiger partial charge in [-0.05, 0) is 39.2 Å². The molecule has 21 heavy (non-hydrogen) atoms. The van der Waals surface area contributed by atoms with Crippen LogP contribution >= 0.6 is 11.3 Å². The second kappa shape index (κ2) is 6.20. The Hall–Kier alpha value is -0.700. The molecular formula is C13H22N4O2S2. The number of nitrogens with one attached hydrogen (secondary N) is 2. The van der Waals surface area contributed by atoms with Gasteiger partial charge in [0, 0.05) is 24.0 Å². The van der Waals surface area contributed by atoms with Gasteiger partial charge in [-0.1, -0.05) is 6.42 Å². The van der Waals surface area contributed by atoms with Crippen molar-refractivity contribution in [1.82, 2.24) is 14.6 Å². The van der Waals surface area contributed by atoms with Crippen molar-refractivity contribution in [3.63, 3.8) is 0 Å². The Labute approximate surface area is 130 Å². The molecule has 1 aliphatic heterocycles. The van der Waals surface area contributed by atoms with E-state index in [4.69, 9.17) is 0 Å². The highest BCUT2D eigenvalue weighted by Gasteiger charge is 2.32. The molecule has 118 valence electrons. The highest BCUT2D eigenvalue weighted by molar-refractivity contribution is 7.90. The first kappa shape index (κ1) is 15.2. The van der Waals surface area contributed by atoms with Crippen LogP contribution in [0.5, 0.6) is 0 Å². The lowest BCUT2D eigenvalue weighted by molar-refractivity contribution is 0.250. The fraction of sp³-hybridized carbons (Fsp3) is 0.769. The third-order valence-electron chi connectivity index (χ3n) is 4.13. The van der Waals surface area contributed by atoms with E-state index in [1.165, 1.54) is 16.2 Å². The van der Waals surface area contributed by atoms with Crippen LogP contribution in [0.1, 0.15) is 36.3 Å². The molecule has 8 heteroatoms. The maximum absolute atomic E-state index is 12.6. The third kappa shape index (κ3) is 3.23. The number of likely N-dealkylation sites (N-methyl/N-ethyl adjacent to an activating group) is 1. The monoisotopic (exact) mass is 330 g/mol. The largest absolute Gasteiger partial charge is 0.318 e. The van der Waals surface area contributed by atoms with Crippen molar-refractivity contribution in [2.75, 3.05) is 24.9 Å². The summed E-state index contributed by atoms with van der Waals surface area (Å²) in [5.74, 6) is 0. The molecule has 0 bridgehead atoms. The molecule has 0 spiro atoms. The molecule has 3 rings (SSSR count). The minimum Gasteiger partial charge on any atom is -0.318 e. The van der Waals surface area contributed by atoms with Crippen LogP contribution in [0.25, 0.3) is 0 Å². The Bertz CT molecular complexity index is 576. The first-order valence-electron chi connectivity index (χ1n) is 7.53. The Morgan fingerprint density at radius 1 is 1.33 bits per heavy atom. The van der Waals surface area contributed by atoms with E-state index in [1.54, 1.807) is 4.31 Å². The molecule has 2 aliphatic rings. The highest BCUT2D eigenvalue weighted by Crippen LogP contribution is 2.31. The summed E-state index contributed by atoms with van der Waals surface area (Å²) in [4.78, 5) is 5.66.